The van der Waals surface area contributed by atoms with E-state index in [0.717, 1.165) is 7.11 Å². The van der Waals surface area contributed by atoms with E-state index in [1.54, 1.807) is 6.07 Å². The summed E-state index contributed by atoms with van der Waals surface area (Å²) in [5, 5.41) is 0. The third-order valence-electron chi connectivity index (χ3n) is 1.67. The van der Waals surface area contributed by atoms with Gasteiger partial charge in [-0.25, -0.2) is 14.0 Å². The van der Waals surface area contributed by atoms with Gasteiger partial charge in [0, 0.05) is 5.56 Å². The third kappa shape index (κ3) is 3.05. The summed E-state index contributed by atoms with van der Waals surface area (Å²) in [7, 11) is 1.06. The first-order valence-corrected chi connectivity index (χ1v) is 4.13. The summed E-state index contributed by atoms with van der Waals surface area (Å²) in [6, 6.07) is 5.81. The highest BCUT2D eigenvalue weighted by Crippen LogP contribution is 2.07. The van der Waals surface area contributed by atoms with Crippen LogP contribution in [0.25, 0.3) is 0 Å². The number of halogens is 1. The lowest BCUT2D eigenvalue weighted by Gasteiger charge is -2.03. The van der Waals surface area contributed by atoms with E-state index in [0.29, 0.717) is 0 Å². The lowest BCUT2D eigenvalue weighted by molar-refractivity contribution is -0.166. The molecule has 0 unspecified atom stereocenters. The smallest absolute Gasteiger partial charge is 0.417 e. The van der Waals surface area contributed by atoms with Crippen molar-refractivity contribution in [2.24, 2.45) is 0 Å². The molecule has 15 heavy (non-hydrogen) atoms. The van der Waals surface area contributed by atoms with Crippen molar-refractivity contribution in [3.05, 3.63) is 35.6 Å². The second-order valence-corrected chi connectivity index (χ2v) is 2.66. The van der Waals surface area contributed by atoms with Gasteiger partial charge in [0.1, 0.15) is 12.4 Å². The molecule has 0 saturated carbocycles. The van der Waals surface area contributed by atoms with Gasteiger partial charge < -0.3 is 9.47 Å². The van der Waals surface area contributed by atoms with Crippen LogP contribution in [0.5, 0.6) is 0 Å². The highest BCUT2D eigenvalue weighted by Gasteiger charge is 2.15. The summed E-state index contributed by atoms with van der Waals surface area (Å²) in [5.74, 6) is -2.73. The molecule has 0 spiro atoms. The van der Waals surface area contributed by atoms with Gasteiger partial charge in [-0.2, -0.15) is 0 Å². The van der Waals surface area contributed by atoms with E-state index in [-0.39, 0.29) is 12.2 Å². The van der Waals surface area contributed by atoms with Crippen LogP contribution in [0, 0.1) is 5.82 Å². The zero-order valence-corrected chi connectivity index (χ0v) is 8.03. The molecule has 0 bridgehead atoms. The molecular weight excluding hydrogens is 203 g/mol. The first-order valence-electron chi connectivity index (χ1n) is 4.13. The van der Waals surface area contributed by atoms with Gasteiger partial charge in [-0.15, -0.1) is 0 Å². The van der Waals surface area contributed by atoms with E-state index in [9.17, 15) is 14.0 Å². The van der Waals surface area contributed by atoms with E-state index in [1.165, 1.54) is 18.2 Å². The number of carbonyl (C=O) groups is 2. The Kier molecular flexibility index (Phi) is 3.79. The fraction of sp³-hybridized carbons (Fsp3) is 0.200. The zero-order valence-electron chi connectivity index (χ0n) is 8.03. The number of hydrogen-bond donors (Lipinski definition) is 0. The van der Waals surface area contributed by atoms with Crippen molar-refractivity contribution in [2.75, 3.05) is 7.11 Å². The van der Waals surface area contributed by atoms with Crippen molar-refractivity contribution in [1.29, 1.82) is 0 Å². The molecule has 5 heteroatoms. The summed E-state index contributed by atoms with van der Waals surface area (Å²) in [5.41, 5.74) is 0.203. The number of benzene rings is 1. The average molecular weight is 212 g/mol. The summed E-state index contributed by atoms with van der Waals surface area (Å²) >= 11 is 0. The molecule has 1 aromatic rings. The zero-order chi connectivity index (χ0) is 11.3. The quantitative estimate of drug-likeness (QED) is 0.543. The number of esters is 2. The van der Waals surface area contributed by atoms with Crippen molar-refractivity contribution in [1.82, 2.24) is 0 Å². The second kappa shape index (κ2) is 5.09. The maximum absolute atomic E-state index is 13.0. The minimum Gasteiger partial charge on any atom is -0.461 e. The minimum atomic E-state index is -1.14. The fourth-order valence-corrected chi connectivity index (χ4v) is 0.901. The van der Waals surface area contributed by atoms with Crippen molar-refractivity contribution < 1.29 is 23.5 Å². The van der Waals surface area contributed by atoms with E-state index in [2.05, 4.69) is 9.47 Å². The number of carbonyl (C=O) groups excluding carboxylic acids is 2. The molecule has 0 atom stereocenters. The molecule has 4 nitrogen and oxygen atoms in total. The van der Waals surface area contributed by atoms with Gasteiger partial charge in [0.2, 0.25) is 0 Å². The molecule has 0 radical (unpaired) electrons. The molecule has 0 aliphatic rings. The van der Waals surface area contributed by atoms with Crippen LogP contribution in [-0.2, 0) is 25.7 Å². The molecule has 0 fully saturated rings. The molecule has 0 aromatic heterocycles. The van der Waals surface area contributed by atoms with Crippen LogP contribution in [0.15, 0.2) is 24.3 Å². The molecule has 0 saturated heterocycles. The molecule has 0 N–H and O–H groups in total. The van der Waals surface area contributed by atoms with Gasteiger partial charge >= 0.3 is 11.9 Å². The summed E-state index contributed by atoms with van der Waals surface area (Å²) < 4.78 is 21.6. The lowest BCUT2D eigenvalue weighted by Crippen LogP contribution is -2.18. The largest absolute Gasteiger partial charge is 0.461 e. The molecular formula is C10H9FO4. The highest BCUT2D eigenvalue weighted by atomic mass is 19.1. The van der Waals surface area contributed by atoms with E-state index in [1.807, 2.05) is 0 Å². The van der Waals surface area contributed by atoms with Crippen LogP contribution in [-0.4, -0.2) is 19.0 Å². The van der Waals surface area contributed by atoms with Crippen LogP contribution in [0.2, 0.25) is 0 Å². The van der Waals surface area contributed by atoms with Gasteiger partial charge in [-0.1, -0.05) is 18.2 Å². The summed E-state index contributed by atoms with van der Waals surface area (Å²) in [6.07, 6.45) is 0. The van der Waals surface area contributed by atoms with Crippen LogP contribution in [0.4, 0.5) is 4.39 Å². The van der Waals surface area contributed by atoms with Crippen LogP contribution in [0.3, 0.4) is 0 Å². The second-order valence-electron chi connectivity index (χ2n) is 2.66. The van der Waals surface area contributed by atoms with Crippen LogP contribution >= 0.6 is 0 Å². The van der Waals surface area contributed by atoms with Crippen molar-refractivity contribution >= 4 is 11.9 Å². The maximum Gasteiger partial charge on any atom is 0.417 e. The predicted molar refractivity (Wildman–Crippen MR) is 48.2 cm³/mol. The Labute approximate surface area is 85.6 Å². The molecule has 80 valence electrons. The highest BCUT2D eigenvalue weighted by molar-refractivity contribution is 6.29. The third-order valence-corrected chi connectivity index (χ3v) is 1.67. The Hall–Kier alpha value is -1.91. The molecule has 0 heterocycles. The monoisotopic (exact) mass is 212 g/mol. The minimum absolute atomic E-state index is 0.203. The average Bonchev–Trinajstić information content (AvgIpc) is 2.26. The fourth-order valence-electron chi connectivity index (χ4n) is 0.901. The van der Waals surface area contributed by atoms with Crippen LogP contribution in [0.1, 0.15) is 5.56 Å². The number of methoxy groups -OCH3 is 1. The predicted octanol–water partition coefficient (Wildman–Crippen LogP) is 1.04. The van der Waals surface area contributed by atoms with Crippen LogP contribution < -0.4 is 0 Å². The van der Waals surface area contributed by atoms with E-state index >= 15 is 0 Å². The first kappa shape index (κ1) is 11.2. The van der Waals surface area contributed by atoms with Crippen molar-refractivity contribution in [3.8, 4) is 0 Å². The lowest BCUT2D eigenvalue weighted by atomic mass is 10.2. The molecule has 1 rings (SSSR count). The Morgan fingerprint density at radius 3 is 2.53 bits per heavy atom. The Balaban J connectivity index is 2.54. The summed E-state index contributed by atoms with van der Waals surface area (Å²) in [6.45, 7) is -0.291. The normalized spacial score (nSPS) is 9.47. The van der Waals surface area contributed by atoms with Crippen molar-refractivity contribution in [2.45, 2.75) is 6.61 Å². The van der Waals surface area contributed by atoms with E-state index in [4.69, 9.17) is 0 Å². The number of hydrogen-bond acceptors (Lipinski definition) is 4. The molecule has 0 aliphatic heterocycles. The Bertz CT molecular complexity index is 375. The van der Waals surface area contributed by atoms with Gasteiger partial charge in [0.05, 0.1) is 7.11 Å². The molecule has 0 amide bonds. The number of rotatable bonds is 2. The van der Waals surface area contributed by atoms with Gasteiger partial charge in [-0.3, -0.25) is 0 Å². The molecule has 0 aliphatic carbocycles. The SMILES string of the molecule is COC(=O)C(=O)OCc1ccccc1F. The standard InChI is InChI=1S/C10H9FO4/c1-14-9(12)10(13)15-6-7-4-2-3-5-8(7)11/h2-5H,6H2,1H3. The number of ether oxygens (including phenoxy) is 2. The van der Waals surface area contributed by atoms with Gasteiger partial charge in [0.25, 0.3) is 0 Å². The van der Waals surface area contributed by atoms with Crippen molar-refractivity contribution in [3.63, 3.8) is 0 Å². The topological polar surface area (TPSA) is 52.6 Å². The maximum atomic E-state index is 13.0. The van der Waals surface area contributed by atoms with Gasteiger partial charge in [0.15, 0.2) is 0 Å². The Morgan fingerprint density at radius 2 is 1.93 bits per heavy atom. The Morgan fingerprint density at radius 1 is 1.27 bits per heavy atom. The summed E-state index contributed by atoms with van der Waals surface area (Å²) in [4.78, 5) is 21.5. The van der Waals surface area contributed by atoms with E-state index < -0.39 is 17.8 Å². The van der Waals surface area contributed by atoms with Gasteiger partial charge in [-0.05, 0) is 6.07 Å². The molecule has 1 aromatic carbocycles. The first-order chi connectivity index (χ1) is 7.15.